The van der Waals surface area contributed by atoms with E-state index in [4.69, 9.17) is 0 Å². The molecule has 2 rings (SSSR count). The summed E-state index contributed by atoms with van der Waals surface area (Å²) in [5, 5.41) is 15.5. The quantitative estimate of drug-likeness (QED) is 0.722. The van der Waals surface area contributed by atoms with Gasteiger partial charge < -0.3 is 15.7 Å². The monoisotopic (exact) mass is 290 g/mol. The normalized spacial score (nSPS) is 17.3. The summed E-state index contributed by atoms with van der Waals surface area (Å²) in [6.45, 7) is 5.13. The molecule has 21 heavy (non-hydrogen) atoms. The smallest absolute Gasteiger partial charge is 0.314 e. The second kappa shape index (κ2) is 6.94. The molecule has 3 N–H and O–H groups in total. The highest BCUT2D eigenvalue weighted by atomic mass is 16.3. The number of hydrogen-bond acceptors (Lipinski definition) is 2. The van der Waals surface area contributed by atoms with E-state index in [0.29, 0.717) is 19.5 Å². The molecule has 1 aliphatic carbocycles. The van der Waals surface area contributed by atoms with Gasteiger partial charge in [-0.3, -0.25) is 0 Å². The fourth-order valence-electron chi connectivity index (χ4n) is 2.49. The van der Waals surface area contributed by atoms with Crippen molar-refractivity contribution < 1.29 is 9.90 Å². The highest BCUT2D eigenvalue weighted by Gasteiger charge is 2.44. The van der Waals surface area contributed by atoms with Gasteiger partial charge in [-0.1, -0.05) is 44.2 Å². The Morgan fingerprint density at radius 1 is 1.24 bits per heavy atom. The van der Waals surface area contributed by atoms with E-state index < -0.39 is 0 Å². The van der Waals surface area contributed by atoms with E-state index in [1.54, 1.807) is 0 Å². The molecule has 1 atom stereocenters. The molecule has 0 spiro atoms. The molecule has 0 aliphatic heterocycles. The number of nitrogens with one attached hydrogen (secondary N) is 2. The first-order valence-corrected chi connectivity index (χ1v) is 7.79. The highest BCUT2D eigenvalue weighted by molar-refractivity contribution is 5.74. The van der Waals surface area contributed by atoms with Crippen molar-refractivity contribution in [1.29, 1.82) is 0 Å². The van der Waals surface area contributed by atoms with Gasteiger partial charge in [0.1, 0.15) is 0 Å². The lowest BCUT2D eigenvalue weighted by atomic mass is 9.96. The number of amides is 2. The Morgan fingerprint density at radius 3 is 2.48 bits per heavy atom. The Kier molecular flexibility index (Phi) is 5.23. The average Bonchev–Trinajstić information content (AvgIpc) is 3.27. The molecular formula is C17H26N2O2. The number of aliphatic hydroxyl groups is 1. The zero-order valence-corrected chi connectivity index (χ0v) is 12.9. The van der Waals surface area contributed by atoms with Gasteiger partial charge >= 0.3 is 6.03 Å². The third kappa shape index (κ3) is 4.46. The molecule has 0 heterocycles. The fraction of sp³-hybridized carbons (Fsp3) is 0.588. The van der Waals surface area contributed by atoms with Crippen molar-refractivity contribution >= 4 is 6.03 Å². The summed E-state index contributed by atoms with van der Waals surface area (Å²) >= 11 is 0. The third-order valence-corrected chi connectivity index (χ3v) is 4.32. The minimum absolute atomic E-state index is 0.135. The molecule has 0 aromatic heterocycles. The Hall–Kier alpha value is -1.55. The van der Waals surface area contributed by atoms with Crippen molar-refractivity contribution in [2.75, 3.05) is 13.1 Å². The van der Waals surface area contributed by atoms with Gasteiger partial charge in [0, 0.05) is 18.5 Å². The minimum atomic E-state index is -0.357. The van der Waals surface area contributed by atoms with Crippen molar-refractivity contribution in [2.45, 2.75) is 44.6 Å². The SMILES string of the molecule is CC(C)C(O)CCNC(=O)NCC1(c2ccccc2)CC1. The molecule has 116 valence electrons. The van der Waals surface area contributed by atoms with E-state index in [-0.39, 0.29) is 23.5 Å². The summed E-state index contributed by atoms with van der Waals surface area (Å²) in [7, 11) is 0. The Balaban J connectivity index is 1.70. The van der Waals surface area contributed by atoms with Crippen molar-refractivity contribution in [3.63, 3.8) is 0 Å². The van der Waals surface area contributed by atoms with Crippen molar-refractivity contribution in [1.82, 2.24) is 10.6 Å². The molecule has 4 nitrogen and oxygen atoms in total. The summed E-state index contributed by atoms with van der Waals surface area (Å²) in [5.41, 5.74) is 1.44. The lowest BCUT2D eigenvalue weighted by molar-refractivity contribution is 0.116. The van der Waals surface area contributed by atoms with Crippen LogP contribution in [-0.2, 0) is 5.41 Å². The summed E-state index contributed by atoms with van der Waals surface area (Å²) in [4.78, 5) is 11.8. The van der Waals surface area contributed by atoms with Crippen molar-refractivity contribution in [3.05, 3.63) is 35.9 Å². The van der Waals surface area contributed by atoms with Crippen LogP contribution in [0.2, 0.25) is 0 Å². The van der Waals surface area contributed by atoms with Crippen LogP contribution in [0.15, 0.2) is 30.3 Å². The third-order valence-electron chi connectivity index (χ3n) is 4.32. The number of hydrogen-bond donors (Lipinski definition) is 3. The van der Waals surface area contributed by atoms with E-state index in [0.717, 1.165) is 12.8 Å². The number of rotatable bonds is 7. The zero-order chi connectivity index (χ0) is 15.3. The number of carbonyl (C=O) groups excluding carboxylic acids is 1. The zero-order valence-electron chi connectivity index (χ0n) is 12.9. The average molecular weight is 290 g/mol. The first kappa shape index (κ1) is 15.8. The van der Waals surface area contributed by atoms with Crippen LogP contribution in [-0.4, -0.2) is 30.3 Å². The molecule has 0 bridgehead atoms. The second-order valence-electron chi connectivity index (χ2n) is 6.36. The van der Waals surface area contributed by atoms with E-state index in [1.807, 2.05) is 32.0 Å². The van der Waals surface area contributed by atoms with Crippen molar-refractivity contribution in [2.24, 2.45) is 5.92 Å². The van der Waals surface area contributed by atoms with Crippen LogP contribution in [0, 0.1) is 5.92 Å². The number of benzene rings is 1. The molecule has 1 unspecified atom stereocenters. The van der Waals surface area contributed by atoms with Crippen LogP contribution in [0.5, 0.6) is 0 Å². The molecule has 2 amide bonds. The molecule has 4 heteroatoms. The van der Waals surface area contributed by atoms with Gasteiger partial charge in [-0.25, -0.2) is 4.79 Å². The predicted octanol–water partition coefficient (Wildman–Crippen LogP) is 2.42. The molecule has 1 aliphatic rings. The standard InChI is InChI=1S/C17H26N2O2/c1-13(2)15(20)8-11-18-16(21)19-12-17(9-10-17)14-6-4-3-5-7-14/h3-7,13,15,20H,8-12H2,1-2H3,(H2,18,19,21). The maximum atomic E-state index is 11.8. The van der Waals surface area contributed by atoms with Crippen LogP contribution in [0.4, 0.5) is 4.79 Å². The highest BCUT2D eigenvalue weighted by Crippen LogP contribution is 2.47. The summed E-state index contributed by atoms with van der Waals surface area (Å²) in [6.07, 6.45) is 2.49. The molecule has 1 aromatic rings. The van der Waals surface area contributed by atoms with Crippen LogP contribution in [0.1, 0.15) is 38.7 Å². The molecule has 1 aromatic carbocycles. The lowest BCUT2D eigenvalue weighted by Crippen LogP contribution is -2.41. The van der Waals surface area contributed by atoms with Crippen LogP contribution >= 0.6 is 0 Å². The Morgan fingerprint density at radius 2 is 1.90 bits per heavy atom. The Bertz CT molecular complexity index is 455. The summed E-state index contributed by atoms with van der Waals surface area (Å²) < 4.78 is 0. The topological polar surface area (TPSA) is 61.4 Å². The fourth-order valence-corrected chi connectivity index (χ4v) is 2.49. The van der Waals surface area contributed by atoms with Gasteiger partial charge in [0.2, 0.25) is 0 Å². The largest absolute Gasteiger partial charge is 0.393 e. The van der Waals surface area contributed by atoms with Crippen LogP contribution in [0.3, 0.4) is 0 Å². The summed E-state index contributed by atoms with van der Waals surface area (Å²) in [5.74, 6) is 0.225. The van der Waals surface area contributed by atoms with Crippen LogP contribution < -0.4 is 10.6 Å². The second-order valence-corrected chi connectivity index (χ2v) is 6.36. The van der Waals surface area contributed by atoms with Crippen molar-refractivity contribution in [3.8, 4) is 0 Å². The van der Waals surface area contributed by atoms with Gasteiger partial charge in [0.05, 0.1) is 6.10 Å². The maximum Gasteiger partial charge on any atom is 0.314 e. The number of aliphatic hydroxyl groups excluding tert-OH is 1. The van der Waals surface area contributed by atoms with Gasteiger partial charge in [-0.15, -0.1) is 0 Å². The maximum absolute atomic E-state index is 11.8. The van der Waals surface area contributed by atoms with Gasteiger partial charge in [-0.05, 0) is 30.7 Å². The van der Waals surface area contributed by atoms with E-state index in [9.17, 15) is 9.90 Å². The molecule has 1 saturated carbocycles. The van der Waals surface area contributed by atoms with Gasteiger partial charge in [0.15, 0.2) is 0 Å². The first-order valence-electron chi connectivity index (χ1n) is 7.79. The van der Waals surface area contributed by atoms with E-state index in [1.165, 1.54) is 5.56 Å². The lowest BCUT2D eigenvalue weighted by Gasteiger charge is -2.18. The van der Waals surface area contributed by atoms with Gasteiger partial charge in [0.25, 0.3) is 0 Å². The van der Waals surface area contributed by atoms with E-state index >= 15 is 0 Å². The van der Waals surface area contributed by atoms with Crippen LogP contribution in [0.25, 0.3) is 0 Å². The molecule has 0 radical (unpaired) electrons. The molecule has 1 fully saturated rings. The molecule has 0 saturated heterocycles. The predicted molar refractivity (Wildman–Crippen MR) is 84.2 cm³/mol. The summed E-state index contributed by atoms with van der Waals surface area (Å²) in [6, 6.07) is 10.2. The first-order chi connectivity index (χ1) is 10.0. The minimum Gasteiger partial charge on any atom is -0.393 e. The van der Waals surface area contributed by atoms with Gasteiger partial charge in [-0.2, -0.15) is 0 Å². The Labute approximate surface area is 126 Å². The molecular weight excluding hydrogens is 264 g/mol. The number of carbonyl (C=O) groups is 1. The number of urea groups is 1. The van der Waals surface area contributed by atoms with E-state index in [2.05, 4.69) is 22.8 Å².